The molecule has 4 aliphatic rings. The van der Waals surface area contributed by atoms with Gasteiger partial charge in [0.2, 0.25) is 0 Å². The van der Waals surface area contributed by atoms with Crippen LogP contribution in [0.3, 0.4) is 0 Å². The Bertz CT molecular complexity index is 710. The van der Waals surface area contributed by atoms with E-state index in [0.717, 1.165) is 5.57 Å². The van der Waals surface area contributed by atoms with Crippen molar-refractivity contribution in [3.05, 3.63) is 11.6 Å². The van der Waals surface area contributed by atoms with Gasteiger partial charge >= 0.3 is 23.9 Å². The average Bonchev–Trinajstić information content (AvgIpc) is 2.66. The van der Waals surface area contributed by atoms with Crippen LogP contribution in [0.1, 0.15) is 6.92 Å². The van der Waals surface area contributed by atoms with E-state index in [0.29, 0.717) is 0 Å². The summed E-state index contributed by atoms with van der Waals surface area (Å²) >= 11 is 0. The maximum atomic E-state index is 12.6. The molecule has 148 valence electrons. The Morgan fingerprint density at radius 3 is 1.56 bits per heavy atom. The summed E-state index contributed by atoms with van der Waals surface area (Å²) in [7, 11) is 5.07. The van der Waals surface area contributed by atoms with Gasteiger partial charge < -0.3 is 18.9 Å². The second-order valence-corrected chi connectivity index (χ2v) is 7.36. The monoisotopic (exact) mass is 380 g/mol. The van der Waals surface area contributed by atoms with Crippen molar-refractivity contribution in [2.45, 2.75) is 6.92 Å². The molecular formula is C19H24O8. The van der Waals surface area contributed by atoms with E-state index in [1.165, 1.54) is 28.4 Å². The number of rotatable bonds is 4. The summed E-state index contributed by atoms with van der Waals surface area (Å²) in [5.41, 5.74) is 0.911. The van der Waals surface area contributed by atoms with Crippen LogP contribution in [-0.2, 0) is 38.1 Å². The third-order valence-electron chi connectivity index (χ3n) is 6.58. The molecule has 0 aromatic heterocycles. The van der Waals surface area contributed by atoms with Crippen LogP contribution in [0.15, 0.2) is 11.6 Å². The number of carbonyl (C=O) groups is 4. The van der Waals surface area contributed by atoms with Crippen LogP contribution in [0.5, 0.6) is 0 Å². The maximum absolute atomic E-state index is 12.6. The summed E-state index contributed by atoms with van der Waals surface area (Å²) < 4.78 is 19.7. The van der Waals surface area contributed by atoms with Gasteiger partial charge in [-0.3, -0.25) is 19.2 Å². The van der Waals surface area contributed by atoms with Gasteiger partial charge in [-0.05, 0) is 30.6 Å². The molecule has 27 heavy (non-hydrogen) atoms. The van der Waals surface area contributed by atoms with Gasteiger partial charge in [-0.2, -0.15) is 0 Å². The standard InChI is InChI=1S/C19H24O8/c1-7-6-8-10-12(15(19(23)27-5)14(10)18(22)26-4)9(7)13(17(21)25-3)11(8)16(20)24-2/h6,8-15H,1-5H3/t8-,9+,10+,11+,12-,13-,14+,15-/m0/s1. The Balaban J connectivity index is 2.10. The number of allylic oxidation sites excluding steroid dienone is 2. The highest BCUT2D eigenvalue weighted by molar-refractivity contribution is 5.88. The number of carbonyl (C=O) groups excluding carboxylic acids is 4. The number of ether oxygens (including phenoxy) is 4. The van der Waals surface area contributed by atoms with Crippen molar-refractivity contribution in [3.8, 4) is 0 Å². The molecule has 0 aromatic rings. The average molecular weight is 380 g/mol. The first-order valence-corrected chi connectivity index (χ1v) is 8.83. The number of esters is 4. The molecule has 0 aliphatic heterocycles. The molecule has 2 bridgehead atoms. The predicted octanol–water partition coefficient (Wildman–Crippen LogP) is 0.595. The molecule has 4 aliphatic carbocycles. The number of hydrogen-bond acceptors (Lipinski definition) is 8. The summed E-state index contributed by atoms with van der Waals surface area (Å²) in [6.45, 7) is 1.87. The van der Waals surface area contributed by atoms with Crippen molar-refractivity contribution in [1.82, 2.24) is 0 Å². The highest BCUT2D eigenvalue weighted by Crippen LogP contribution is 2.66. The van der Waals surface area contributed by atoms with E-state index < -0.39 is 59.4 Å². The first-order chi connectivity index (χ1) is 12.8. The lowest BCUT2D eigenvalue weighted by molar-refractivity contribution is -0.211. The summed E-state index contributed by atoms with van der Waals surface area (Å²) in [6, 6.07) is 0. The zero-order chi connectivity index (χ0) is 20.0. The Labute approximate surface area is 157 Å². The lowest BCUT2D eigenvalue weighted by atomic mass is 9.38. The lowest BCUT2D eigenvalue weighted by Gasteiger charge is -2.63. The molecule has 8 heteroatoms. The SMILES string of the molecule is COC(=O)[C@@H]1[C@H](C(=O)OC)[C@H]2C=C(C)[C@@H]1[C@@H]1[C@H](C(=O)OC)[C@H](C(=O)OC)[C@H]21. The first kappa shape index (κ1) is 19.4. The van der Waals surface area contributed by atoms with Crippen molar-refractivity contribution in [1.29, 1.82) is 0 Å². The molecule has 8 atom stereocenters. The third kappa shape index (κ3) is 2.56. The lowest BCUT2D eigenvalue weighted by Crippen LogP contribution is -2.68. The fraction of sp³-hybridized carbons (Fsp3) is 0.684. The van der Waals surface area contributed by atoms with Crippen molar-refractivity contribution >= 4 is 23.9 Å². The molecule has 2 fully saturated rings. The van der Waals surface area contributed by atoms with E-state index in [9.17, 15) is 19.2 Å². The molecule has 8 nitrogen and oxygen atoms in total. The Morgan fingerprint density at radius 2 is 1.07 bits per heavy atom. The van der Waals surface area contributed by atoms with Crippen LogP contribution in [0.4, 0.5) is 0 Å². The van der Waals surface area contributed by atoms with Crippen molar-refractivity contribution in [2.75, 3.05) is 28.4 Å². The summed E-state index contributed by atoms with van der Waals surface area (Å²) in [6.07, 6.45) is 1.93. The van der Waals surface area contributed by atoms with Crippen molar-refractivity contribution < 1.29 is 38.1 Å². The quantitative estimate of drug-likeness (QED) is 0.397. The van der Waals surface area contributed by atoms with Crippen LogP contribution in [-0.4, -0.2) is 52.3 Å². The normalized spacial score (nSPS) is 38.6. The fourth-order valence-electron chi connectivity index (χ4n) is 5.68. The Morgan fingerprint density at radius 1 is 0.667 bits per heavy atom. The van der Waals surface area contributed by atoms with Gasteiger partial charge in [-0.1, -0.05) is 11.6 Å². The zero-order valence-corrected chi connectivity index (χ0v) is 16.0. The maximum Gasteiger partial charge on any atom is 0.310 e. The minimum atomic E-state index is -0.761. The van der Waals surface area contributed by atoms with Gasteiger partial charge in [0.1, 0.15) is 0 Å². The molecule has 0 aromatic carbocycles. The zero-order valence-electron chi connectivity index (χ0n) is 16.0. The number of fused-ring (bicyclic) bond motifs is 1. The highest BCUT2D eigenvalue weighted by Gasteiger charge is 2.71. The minimum Gasteiger partial charge on any atom is -0.469 e. The van der Waals surface area contributed by atoms with Gasteiger partial charge in [-0.15, -0.1) is 0 Å². The Hall–Kier alpha value is -2.38. The molecule has 0 unspecified atom stereocenters. The van der Waals surface area contributed by atoms with Crippen LogP contribution in [0.25, 0.3) is 0 Å². The number of hydrogen-bond donors (Lipinski definition) is 0. The molecule has 4 rings (SSSR count). The van der Waals surface area contributed by atoms with Gasteiger partial charge in [0, 0.05) is 0 Å². The van der Waals surface area contributed by atoms with Gasteiger partial charge in [0.15, 0.2) is 0 Å². The number of methoxy groups -OCH3 is 4. The van der Waals surface area contributed by atoms with E-state index in [1.807, 2.05) is 13.0 Å². The van der Waals surface area contributed by atoms with Crippen LogP contribution >= 0.6 is 0 Å². The minimum absolute atomic E-state index is 0.290. The largest absolute Gasteiger partial charge is 0.469 e. The van der Waals surface area contributed by atoms with Crippen LogP contribution < -0.4 is 0 Å². The molecular weight excluding hydrogens is 356 g/mol. The molecule has 0 amide bonds. The van der Waals surface area contributed by atoms with Gasteiger partial charge in [0.25, 0.3) is 0 Å². The van der Waals surface area contributed by atoms with Gasteiger partial charge in [-0.25, -0.2) is 0 Å². The van der Waals surface area contributed by atoms with Crippen LogP contribution in [0, 0.1) is 47.3 Å². The highest BCUT2D eigenvalue weighted by atomic mass is 16.5. The molecule has 2 saturated carbocycles. The first-order valence-electron chi connectivity index (χ1n) is 8.83. The smallest absolute Gasteiger partial charge is 0.310 e. The van der Waals surface area contributed by atoms with E-state index in [2.05, 4.69) is 0 Å². The van der Waals surface area contributed by atoms with Crippen molar-refractivity contribution in [2.24, 2.45) is 47.3 Å². The summed E-state index contributed by atoms with van der Waals surface area (Å²) in [5.74, 6) is -6.40. The van der Waals surface area contributed by atoms with E-state index >= 15 is 0 Å². The second-order valence-electron chi connectivity index (χ2n) is 7.36. The summed E-state index contributed by atoms with van der Waals surface area (Å²) in [4.78, 5) is 49.9. The van der Waals surface area contributed by atoms with Crippen molar-refractivity contribution in [3.63, 3.8) is 0 Å². The summed E-state index contributed by atoms with van der Waals surface area (Å²) in [5, 5.41) is 0. The molecule has 0 heterocycles. The Kier molecular flexibility index (Phi) is 5.01. The van der Waals surface area contributed by atoms with E-state index in [4.69, 9.17) is 18.9 Å². The second kappa shape index (κ2) is 6.98. The van der Waals surface area contributed by atoms with E-state index in [1.54, 1.807) is 0 Å². The molecule has 0 radical (unpaired) electrons. The van der Waals surface area contributed by atoms with Gasteiger partial charge in [0.05, 0.1) is 52.1 Å². The topological polar surface area (TPSA) is 105 Å². The fourth-order valence-corrected chi connectivity index (χ4v) is 5.68. The predicted molar refractivity (Wildman–Crippen MR) is 89.7 cm³/mol. The molecule has 0 N–H and O–H groups in total. The third-order valence-corrected chi connectivity index (χ3v) is 6.58. The van der Waals surface area contributed by atoms with E-state index in [-0.39, 0.29) is 11.8 Å². The molecule has 0 saturated heterocycles. The van der Waals surface area contributed by atoms with Crippen LogP contribution in [0.2, 0.25) is 0 Å². The molecule has 0 spiro atoms.